The third-order valence-electron chi connectivity index (χ3n) is 3.39. The van der Waals surface area contributed by atoms with Crippen molar-refractivity contribution in [3.8, 4) is 5.75 Å². The molecule has 0 spiro atoms. The number of hydrogen-bond donors (Lipinski definition) is 1. The van der Waals surface area contributed by atoms with Crippen LogP contribution < -0.4 is 10.1 Å². The van der Waals surface area contributed by atoms with Crippen LogP contribution in [-0.2, 0) is 11.2 Å². The number of carbonyl (C=O) groups is 1. The largest absolute Gasteiger partial charge is 0.480 e. The summed E-state index contributed by atoms with van der Waals surface area (Å²) in [5, 5.41) is 3.40. The van der Waals surface area contributed by atoms with E-state index in [0.29, 0.717) is 0 Å². The van der Waals surface area contributed by atoms with Crippen LogP contribution in [0.25, 0.3) is 0 Å². The highest BCUT2D eigenvalue weighted by Crippen LogP contribution is 2.20. The van der Waals surface area contributed by atoms with Gasteiger partial charge in [0.2, 0.25) is 0 Å². The SMILES string of the molecule is CCCNCCCc1ccc(OC(C)(C)C(C)=O)cc1. The van der Waals surface area contributed by atoms with Crippen molar-refractivity contribution < 1.29 is 9.53 Å². The molecule has 1 aromatic rings. The van der Waals surface area contributed by atoms with Gasteiger partial charge in [0.1, 0.15) is 5.75 Å². The van der Waals surface area contributed by atoms with Gasteiger partial charge in [0.25, 0.3) is 0 Å². The first-order valence-electron chi connectivity index (χ1n) is 7.45. The van der Waals surface area contributed by atoms with Crippen LogP contribution in [0.3, 0.4) is 0 Å². The molecular weight excluding hydrogens is 250 g/mol. The van der Waals surface area contributed by atoms with Gasteiger partial charge in [-0.25, -0.2) is 0 Å². The minimum atomic E-state index is -0.758. The second-order valence-electron chi connectivity index (χ2n) is 5.67. The molecule has 0 bridgehead atoms. The predicted molar refractivity (Wildman–Crippen MR) is 83.3 cm³/mol. The minimum absolute atomic E-state index is 0.0311. The van der Waals surface area contributed by atoms with Gasteiger partial charge < -0.3 is 10.1 Å². The summed E-state index contributed by atoms with van der Waals surface area (Å²) < 4.78 is 5.71. The molecule has 3 nitrogen and oxygen atoms in total. The molecule has 0 atom stereocenters. The number of ether oxygens (including phenoxy) is 1. The molecule has 112 valence electrons. The fraction of sp³-hybridized carbons (Fsp3) is 0.588. The van der Waals surface area contributed by atoms with Gasteiger partial charge in [-0.1, -0.05) is 19.1 Å². The summed E-state index contributed by atoms with van der Waals surface area (Å²) in [6.45, 7) is 9.47. The van der Waals surface area contributed by atoms with Crippen molar-refractivity contribution in [3.63, 3.8) is 0 Å². The maximum absolute atomic E-state index is 11.4. The zero-order chi connectivity index (χ0) is 15.0. The first kappa shape index (κ1) is 16.7. The molecule has 0 aromatic heterocycles. The Kier molecular flexibility index (Phi) is 6.73. The van der Waals surface area contributed by atoms with Crippen LogP contribution in [-0.4, -0.2) is 24.5 Å². The first-order chi connectivity index (χ1) is 9.45. The number of carbonyl (C=O) groups excluding carboxylic acids is 1. The number of ketones is 1. The van der Waals surface area contributed by atoms with Gasteiger partial charge in [-0.3, -0.25) is 4.79 Å². The number of nitrogens with one attached hydrogen (secondary N) is 1. The normalized spacial score (nSPS) is 11.4. The van der Waals surface area contributed by atoms with Crippen molar-refractivity contribution in [2.24, 2.45) is 0 Å². The number of Topliss-reactive ketones (excluding diaryl/α,β-unsaturated/α-hetero) is 1. The van der Waals surface area contributed by atoms with E-state index in [9.17, 15) is 4.79 Å². The van der Waals surface area contributed by atoms with E-state index in [1.54, 1.807) is 20.8 Å². The summed E-state index contributed by atoms with van der Waals surface area (Å²) in [6, 6.07) is 8.04. The lowest BCUT2D eigenvalue weighted by atomic mass is 10.0. The maximum Gasteiger partial charge on any atom is 0.172 e. The molecule has 0 saturated carbocycles. The van der Waals surface area contributed by atoms with E-state index in [1.807, 2.05) is 12.1 Å². The molecule has 3 heteroatoms. The van der Waals surface area contributed by atoms with E-state index in [0.717, 1.165) is 31.7 Å². The number of hydrogen-bond acceptors (Lipinski definition) is 3. The predicted octanol–water partition coefficient (Wildman–Crippen LogP) is 3.37. The Hall–Kier alpha value is -1.35. The van der Waals surface area contributed by atoms with Gasteiger partial charge >= 0.3 is 0 Å². The van der Waals surface area contributed by atoms with Crippen LogP contribution in [0.1, 0.15) is 46.1 Å². The molecule has 0 aliphatic heterocycles. The monoisotopic (exact) mass is 277 g/mol. The van der Waals surface area contributed by atoms with Crippen LogP contribution in [0.15, 0.2) is 24.3 Å². The average Bonchev–Trinajstić information content (AvgIpc) is 2.40. The highest BCUT2D eigenvalue weighted by molar-refractivity contribution is 5.84. The van der Waals surface area contributed by atoms with E-state index < -0.39 is 5.60 Å². The molecule has 1 N–H and O–H groups in total. The molecule has 0 radical (unpaired) electrons. The fourth-order valence-corrected chi connectivity index (χ4v) is 1.81. The third-order valence-corrected chi connectivity index (χ3v) is 3.39. The van der Waals surface area contributed by atoms with E-state index in [2.05, 4.69) is 24.4 Å². The van der Waals surface area contributed by atoms with Crippen molar-refractivity contribution in [2.75, 3.05) is 13.1 Å². The fourth-order valence-electron chi connectivity index (χ4n) is 1.81. The highest BCUT2D eigenvalue weighted by Gasteiger charge is 2.25. The molecule has 1 aromatic carbocycles. The van der Waals surface area contributed by atoms with Gasteiger partial charge in [-0.05, 0) is 70.8 Å². The second kappa shape index (κ2) is 8.05. The summed E-state index contributed by atoms with van der Waals surface area (Å²) in [4.78, 5) is 11.4. The van der Waals surface area contributed by atoms with E-state index >= 15 is 0 Å². The lowest BCUT2D eigenvalue weighted by Crippen LogP contribution is -2.36. The van der Waals surface area contributed by atoms with Crippen molar-refractivity contribution >= 4 is 5.78 Å². The molecule has 20 heavy (non-hydrogen) atoms. The van der Waals surface area contributed by atoms with Crippen LogP contribution in [0.4, 0.5) is 0 Å². The Labute approximate surface area is 122 Å². The Morgan fingerprint density at radius 2 is 1.85 bits per heavy atom. The molecule has 0 amide bonds. The van der Waals surface area contributed by atoms with Gasteiger partial charge in [0, 0.05) is 0 Å². The number of benzene rings is 1. The van der Waals surface area contributed by atoms with Crippen molar-refractivity contribution in [1.29, 1.82) is 0 Å². The third kappa shape index (κ3) is 5.74. The van der Waals surface area contributed by atoms with Crippen LogP contribution in [0.5, 0.6) is 5.75 Å². The lowest BCUT2D eigenvalue weighted by molar-refractivity contribution is -0.129. The molecule has 0 heterocycles. The Morgan fingerprint density at radius 1 is 1.20 bits per heavy atom. The van der Waals surface area contributed by atoms with E-state index in [4.69, 9.17) is 4.74 Å². The van der Waals surface area contributed by atoms with Crippen LogP contribution >= 0.6 is 0 Å². The van der Waals surface area contributed by atoms with E-state index in [-0.39, 0.29) is 5.78 Å². The Morgan fingerprint density at radius 3 is 2.40 bits per heavy atom. The molecule has 0 aliphatic rings. The highest BCUT2D eigenvalue weighted by atomic mass is 16.5. The molecular formula is C17H27NO2. The van der Waals surface area contributed by atoms with Gasteiger partial charge in [0.05, 0.1) is 0 Å². The minimum Gasteiger partial charge on any atom is -0.480 e. The average molecular weight is 277 g/mol. The quantitative estimate of drug-likeness (QED) is 0.703. The summed E-state index contributed by atoms with van der Waals surface area (Å²) in [6.07, 6.45) is 3.38. The van der Waals surface area contributed by atoms with Gasteiger partial charge in [-0.2, -0.15) is 0 Å². The Balaban J connectivity index is 2.42. The second-order valence-corrected chi connectivity index (χ2v) is 5.67. The summed E-state index contributed by atoms with van der Waals surface area (Å²) in [7, 11) is 0. The maximum atomic E-state index is 11.4. The van der Waals surface area contributed by atoms with Crippen molar-refractivity contribution in [3.05, 3.63) is 29.8 Å². The molecule has 0 fully saturated rings. The zero-order valence-corrected chi connectivity index (χ0v) is 13.2. The summed E-state index contributed by atoms with van der Waals surface area (Å²) in [5.74, 6) is 0.779. The Bertz CT molecular complexity index is 410. The molecule has 0 aliphatic carbocycles. The molecule has 1 rings (SSSR count). The van der Waals surface area contributed by atoms with Gasteiger partial charge in [-0.15, -0.1) is 0 Å². The van der Waals surface area contributed by atoms with Crippen LogP contribution in [0, 0.1) is 0 Å². The standard InChI is InChI=1S/C17H27NO2/c1-5-12-18-13-6-7-15-8-10-16(11-9-15)20-17(3,4)14(2)19/h8-11,18H,5-7,12-13H2,1-4H3. The first-order valence-corrected chi connectivity index (χ1v) is 7.45. The van der Waals surface area contributed by atoms with Gasteiger partial charge in [0.15, 0.2) is 11.4 Å². The zero-order valence-electron chi connectivity index (χ0n) is 13.2. The summed E-state index contributed by atoms with van der Waals surface area (Å²) in [5.41, 5.74) is 0.544. The van der Waals surface area contributed by atoms with Crippen LogP contribution in [0.2, 0.25) is 0 Å². The number of aryl methyl sites for hydroxylation is 1. The number of rotatable bonds is 9. The lowest BCUT2D eigenvalue weighted by Gasteiger charge is -2.23. The van der Waals surface area contributed by atoms with Crippen molar-refractivity contribution in [1.82, 2.24) is 5.32 Å². The van der Waals surface area contributed by atoms with Crippen molar-refractivity contribution in [2.45, 2.75) is 52.6 Å². The smallest absolute Gasteiger partial charge is 0.172 e. The molecule has 0 saturated heterocycles. The molecule has 0 unspecified atom stereocenters. The van der Waals surface area contributed by atoms with E-state index in [1.165, 1.54) is 12.0 Å². The summed E-state index contributed by atoms with van der Waals surface area (Å²) >= 11 is 0. The topological polar surface area (TPSA) is 38.3 Å².